The molecule has 132 valence electrons. The molecule has 0 bridgehead atoms. The highest BCUT2D eigenvalue weighted by atomic mass is 16.5. The summed E-state index contributed by atoms with van der Waals surface area (Å²) in [7, 11) is 3.25. The average molecular weight is 336 g/mol. The minimum atomic E-state index is -0.845. The molecule has 2 rings (SSSR count). The topological polar surface area (TPSA) is 88.1 Å². The zero-order valence-corrected chi connectivity index (χ0v) is 14.1. The fourth-order valence-electron chi connectivity index (χ4n) is 2.73. The van der Waals surface area contributed by atoms with Crippen LogP contribution < -0.4 is 14.8 Å². The third kappa shape index (κ3) is 5.04. The Labute approximate surface area is 141 Å². The zero-order valence-electron chi connectivity index (χ0n) is 14.1. The van der Waals surface area contributed by atoms with Crippen LogP contribution in [0.5, 0.6) is 11.5 Å². The summed E-state index contributed by atoms with van der Waals surface area (Å²) in [6.45, 7) is 1.79. The van der Waals surface area contributed by atoms with Crippen LogP contribution in [0.25, 0.3) is 0 Å². The quantitative estimate of drug-likeness (QED) is 0.706. The van der Waals surface area contributed by atoms with E-state index in [-0.39, 0.29) is 12.5 Å². The maximum Gasteiger partial charge on any atom is 0.317 e. The van der Waals surface area contributed by atoms with Crippen LogP contribution in [0.1, 0.15) is 18.4 Å². The molecule has 1 fully saturated rings. The molecule has 1 saturated heterocycles. The van der Waals surface area contributed by atoms with Crippen LogP contribution in [0.3, 0.4) is 0 Å². The first-order valence-corrected chi connectivity index (χ1v) is 7.98. The molecule has 0 aromatic heterocycles. The number of nitrogens with one attached hydrogen (secondary N) is 1. The first-order chi connectivity index (χ1) is 11.5. The molecule has 1 aromatic carbocycles. The normalized spacial score (nSPS) is 14.0. The van der Waals surface area contributed by atoms with Gasteiger partial charge in [-0.05, 0) is 36.5 Å². The summed E-state index contributed by atoms with van der Waals surface area (Å²) in [6, 6.07) is 5.68. The summed E-state index contributed by atoms with van der Waals surface area (Å²) < 4.78 is 10.5. The molecular weight excluding hydrogens is 312 g/mol. The minimum absolute atomic E-state index is 0.0700. The Kier molecular flexibility index (Phi) is 6.28. The van der Waals surface area contributed by atoms with Gasteiger partial charge in [0.05, 0.1) is 14.2 Å². The summed E-state index contributed by atoms with van der Waals surface area (Å²) >= 11 is 0. The van der Waals surface area contributed by atoms with Crippen molar-refractivity contribution in [1.29, 1.82) is 0 Å². The summed E-state index contributed by atoms with van der Waals surface area (Å²) in [5.41, 5.74) is 1.12. The molecule has 1 aliphatic rings. The molecule has 7 nitrogen and oxygen atoms in total. The lowest BCUT2D eigenvalue weighted by molar-refractivity contribution is -0.137. The number of urea groups is 1. The second-order valence-electron chi connectivity index (χ2n) is 5.93. The van der Waals surface area contributed by atoms with Crippen LogP contribution in [0.15, 0.2) is 18.2 Å². The standard InChI is InChI=1S/C17H24N2O5/c1-23-14-7-12(8-15(9-14)24-2)6-13-10-19(11-13)17(22)18-5-3-4-16(20)21/h7-9,13H,3-6,10-11H2,1-2H3,(H,18,22)(H,20,21). The van der Waals surface area contributed by atoms with Crippen molar-refractivity contribution >= 4 is 12.0 Å². The van der Waals surface area contributed by atoms with E-state index in [0.717, 1.165) is 23.5 Å². The van der Waals surface area contributed by atoms with E-state index in [9.17, 15) is 9.59 Å². The van der Waals surface area contributed by atoms with E-state index in [1.807, 2.05) is 18.2 Å². The summed E-state index contributed by atoms with van der Waals surface area (Å²) in [4.78, 5) is 24.0. The lowest BCUT2D eigenvalue weighted by atomic mass is 9.92. The van der Waals surface area contributed by atoms with Crippen LogP contribution in [0.2, 0.25) is 0 Å². The van der Waals surface area contributed by atoms with Gasteiger partial charge in [0.2, 0.25) is 0 Å². The Morgan fingerprint density at radius 2 is 1.83 bits per heavy atom. The van der Waals surface area contributed by atoms with Gasteiger partial charge in [0, 0.05) is 32.1 Å². The van der Waals surface area contributed by atoms with Gasteiger partial charge < -0.3 is 24.8 Å². The molecule has 2 N–H and O–H groups in total. The molecule has 1 heterocycles. The number of carboxylic acids is 1. The number of nitrogens with zero attached hydrogens (tertiary/aromatic N) is 1. The lowest BCUT2D eigenvalue weighted by Gasteiger charge is -2.39. The van der Waals surface area contributed by atoms with Crippen LogP contribution in [0, 0.1) is 5.92 Å². The molecular formula is C17H24N2O5. The van der Waals surface area contributed by atoms with Gasteiger partial charge in [0.15, 0.2) is 0 Å². The maximum absolute atomic E-state index is 11.9. The average Bonchev–Trinajstić information content (AvgIpc) is 2.53. The van der Waals surface area contributed by atoms with E-state index in [0.29, 0.717) is 32.0 Å². The monoisotopic (exact) mass is 336 g/mol. The Hall–Kier alpha value is -2.44. The largest absolute Gasteiger partial charge is 0.497 e. The predicted molar refractivity (Wildman–Crippen MR) is 88.6 cm³/mol. The van der Waals surface area contributed by atoms with Gasteiger partial charge >= 0.3 is 12.0 Å². The molecule has 1 aliphatic heterocycles. The molecule has 24 heavy (non-hydrogen) atoms. The van der Waals surface area contributed by atoms with Gasteiger partial charge in [0.25, 0.3) is 0 Å². The van der Waals surface area contributed by atoms with E-state index >= 15 is 0 Å². The van der Waals surface area contributed by atoms with Crippen LogP contribution >= 0.6 is 0 Å². The Bertz CT molecular complexity index is 562. The van der Waals surface area contributed by atoms with E-state index < -0.39 is 5.97 Å². The van der Waals surface area contributed by atoms with Gasteiger partial charge in [-0.25, -0.2) is 4.79 Å². The number of ether oxygens (including phenoxy) is 2. The summed E-state index contributed by atoms with van der Waals surface area (Å²) in [5.74, 6) is 1.09. The molecule has 0 saturated carbocycles. The second kappa shape index (κ2) is 8.42. The molecule has 7 heteroatoms. The van der Waals surface area contributed by atoms with E-state index in [4.69, 9.17) is 14.6 Å². The number of hydrogen-bond donors (Lipinski definition) is 2. The van der Waals surface area contributed by atoms with Gasteiger partial charge in [0.1, 0.15) is 11.5 Å². The molecule has 0 radical (unpaired) electrons. The van der Waals surface area contributed by atoms with Crippen molar-refractivity contribution in [3.8, 4) is 11.5 Å². The van der Waals surface area contributed by atoms with E-state index in [2.05, 4.69) is 5.32 Å². The third-order valence-electron chi connectivity index (χ3n) is 4.02. The number of carbonyl (C=O) groups excluding carboxylic acids is 1. The van der Waals surface area contributed by atoms with E-state index in [1.165, 1.54) is 0 Å². The second-order valence-corrected chi connectivity index (χ2v) is 5.93. The van der Waals surface area contributed by atoms with Gasteiger partial charge in [-0.15, -0.1) is 0 Å². The third-order valence-corrected chi connectivity index (χ3v) is 4.02. The summed E-state index contributed by atoms with van der Waals surface area (Å²) in [5, 5.41) is 11.3. The van der Waals surface area contributed by atoms with Crippen molar-refractivity contribution in [3.05, 3.63) is 23.8 Å². The summed E-state index contributed by atoms with van der Waals surface area (Å²) in [6.07, 6.45) is 1.37. The molecule has 0 atom stereocenters. The Balaban J connectivity index is 1.74. The Morgan fingerprint density at radius 3 is 2.38 bits per heavy atom. The predicted octanol–water partition coefficient (Wildman–Crippen LogP) is 1.75. The maximum atomic E-state index is 11.9. The van der Waals surface area contributed by atoms with Crippen molar-refractivity contribution in [2.24, 2.45) is 5.92 Å². The highest BCUT2D eigenvalue weighted by Gasteiger charge is 2.30. The van der Waals surface area contributed by atoms with Crippen molar-refractivity contribution in [2.75, 3.05) is 33.9 Å². The highest BCUT2D eigenvalue weighted by Crippen LogP contribution is 2.27. The van der Waals surface area contributed by atoms with Crippen LogP contribution in [-0.2, 0) is 11.2 Å². The number of amides is 2. The molecule has 0 aliphatic carbocycles. The number of carbonyl (C=O) groups is 2. The highest BCUT2D eigenvalue weighted by molar-refractivity contribution is 5.75. The van der Waals surface area contributed by atoms with Crippen molar-refractivity contribution in [3.63, 3.8) is 0 Å². The number of aliphatic carboxylic acids is 1. The minimum Gasteiger partial charge on any atom is -0.497 e. The smallest absolute Gasteiger partial charge is 0.317 e. The van der Waals surface area contributed by atoms with Crippen LogP contribution in [0.4, 0.5) is 4.79 Å². The fraction of sp³-hybridized carbons (Fsp3) is 0.529. The van der Waals surface area contributed by atoms with Crippen molar-refractivity contribution < 1.29 is 24.2 Å². The number of rotatable bonds is 8. The van der Waals surface area contributed by atoms with Gasteiger partial charge in [-0.1, -0.05) is 0 Å². The molecule has 2 amide bonds. The van der Waals surface area contributed by atoms with Gasteiger partial charge in [-0.3, -0.25) is 4.79 Å². The first-order valence-electron chi connectivity index (χ1n) is 7.98. The van der Waals surface area contributed by atoms with Gasteiger partial charge in [-0.2, -0.15) is 0 Å². The number of benzene rings is 1. The Morgan fingerprint density at radius 1 is 1.21 bits per heavy atom. The molecule has 1 aromatic rings. The zero-order chi connectivity index (χ0) is 17.5. The SMILES string of the molecule is COc1cc(CC2CN(C(=O)NCCCC(=O)O)C2)cc(OC)c1. The first kappa shape index (κ1) is 17.9. The number of methoxy groups -OCH3 is 2. The number of hydrogen-bond acceptors (Lipinski definition) is 4. The number of likely N-dealkylation sites (tertiary alicyclic amines) is 1. The lowest BCUT2D eigenvalue weighted by Crippen LogP contribution is -2.54. The van der Waals surface area contributed by atoms with Crippen molar-refractivity contribution in [2.45, 2.75) is 19.3 Å². The molecule has 0 spiro atoms. The molecule has 0 unspecified atom stereocenters. The fourth-order valence-corrected chi connectivity index (χ4v) is 2.73. The van der Waals surface area contributed by atoms with Crippen LogP contribution in [-0.4, -0.2) is 55.9 Å². The van der Waals surface area contributed by atoms with E-state index in [1.54, 1.807) is 19.1 Å². The number of carboxylic acid groups (broad SMARTS) is 1. The van der Waals surface area contributed by atoms with Crippen molar-refractivity contribution in [1.82, 2.24) is 10.2 Å².